The molecule has 3 N–H and O–H groups in total. The largest absolute Gasteiger partial charge is 0.481 e. The molecule has 0 aliphatic rings. The molecule has 0 aliphatic heterocycles. The first-order valence-electron chi connectivity index (χ1n) is 8.27. The molecule has 0 fully saturated rings. The van der Waals surface area contributed by atoms with Crippen molar-refractivity contribution in [1.29, 1.82) is 0 Å². The van der Waals surface area contributed by atoms with Gasteiger partial charge in [0, 0.05) is 6.04 Å². The highest BCUT2D eigenvalue weighted by Gasteiger charge is 2.30. The van der Waals surface area contributed by atoms with Crippen LogP contribution in [0.15, 0.2) is 24.3 Å². The monoisotopic (exact) mass is 345 g/mol. The first-order valence-corrected chi connectivity index (χ1v) is 8.27. The minimum absolute atomic E-state index is 0.0567. The van der Waals surface area contributed by atoms with E-state index in [0.29, 0.717) is 12.0 Å². The Morgan fingerprint density at radius 1 is 1.33 bits per heavy atom. The number of halogens is 3. The molecule has 0 aromatic heterocycles. The quantitative estimate of drug-likeness (QED) is 0.693. The lowest BCUT2D eigenvalue weighted by atomic mass is 9.84. The molecule has 24 heavy (non-hydrogen) atoms. The van der Waals surface area contributed by atoms with Crippen molar-refractivity contribution in [2.45, 2.75) is 58.2 Å². The molecule has 1 aromatic carbocycles. The number of hydrogen-bond acceptors (Lipinski definition) is 2. The van der Waals surface area contributed by atoms with E-state index in [1.54, 1.807) is 6.07 Å². The molecular formula is C18H26F3NO2. The summed E-state index contributed by atoms with van der Waals surface area (Å²) >= 11 is 0. The van der Waals surface area contributed by atoms with Gasteiger partial charge in [0.05, 0.1) is 12.0 Å². The maximum atomic E-state index is 12.7. The van der Waals surface area contributed by atoms with Crippen LogP contribution in [0.25, 0.3) is 0 Å². The average molecular weight is 345 g/mol. The first kappa shape index (κ1) is 20.5. The van der Waals surface area contributed by atoms with E-state index in [1.807, 2.05) is 13.8 Å². The van der Waals surface area contributed by atoms with Crippen molar-refractivity contribution in [1.82, 2.24) is 0 Å². The van der Waals surface area contributed by atoms with Gasteiger partial charge in [0.15, 0.2) is 0 Å². The summed E-state index contributed by atoms with van der Waals surface area (Å²) in [7, 11) is 0. The van der Waals surface area contributed by atoms with Gasteiger partial charge in [-0.2, -0.15) is 13.2 Å². The van der Waals surface area contributed by atoms with Crippen LogP contribution in [-0.4, -0.2) is 17.1 Å². The number of benzene rings is 1. The van der Waals surface area contributed by atoms with Crippen LogP contribution >= 0.6 is 0 Å². The van der Waals surface area contributed by atoms with Crippen LogP contribution in [0.5, 0.6) is 0 Å². The van der Waals surface area contributed by atoms with Crippen LogP contribution < -0.4 is 5.73 Å². The molecule has 6 heteroatoms. The van der Waals surface area contributed by atoms with Crippen LogP contribution in [0.1, 0.15) is 50.7 Å². The Kier molecular flexibility index (Phi) is 7.73. The van der Waals surface area contributed by atoms with Gasteiger partial charge in [-0.25, -0.2) is 0 Å². The number of nitrogens with two attached hydrogens (primary N) is 1. The zero-order valence-electron chi connectivity index (χ0n) is 14.1. The molecule has 3 unspecified atom stereocenters. The summed E-state index contributed by atoms with van der Waals surface area (Å²) < 4.78 is 38.1. The summed E-state index contributed by atoms with van der Waals surface area (Å²) in [6.45, 7) is 4.01. The zero-order valence-corrected chi connectivity index (χ0v) is 14.1. The van der Waals surface area contributed by atoms with Gasteiger partial charge < -0.3 is 10.8 Å². The highest BCUT2D eigenvalue weighted by molar-refractivity contribution is 5.67. The molecule has 0 saturated heterocycles. The highest BCUT2D eigenvalue weighted by Crippen LogP contribution is 2.30. The predicted octanol–water partition coefficient (Wildman–Crippen LogP) is 4.49. The maximum Gasteiger partial charge on any atom is 0.416 e. The summed E-state index contributed by atoms with van der Waals surface area (Å²) in [5.74, 6) is -0.528. The average Bonchev–Trinajstić information content (AvgIpc) is 2.49. The summed E-state index contributed by atoms with van der Waals surface area (Å²) in [5.41, 5.74) is 5.99. The third-order valence-electron chi connectivity index (χ3n) is 4.43. The van der Waals surface area contributed by atoms with Gasteiger partial charge in [-0.15, -0.1) is 0 Å². The fraction of sp³-hybridized carbons (Fsp3) is 0.611. The van der Waals surface area contributed by atoms with E-state index in [9.17, 15) is 18.0 Å². The van der Waals surface area contributed by atoms with E-state index in [4.69, 9.17) is 10.8 Å². The van der Waals surface area contributed by atoms with Crippen LogP contribution in [-0.2, 0) is 17.4 Å². The normalized spacial score (nSPS) is 15.8. The van der Waals surface area contributed by atoms with E-state index in [2.05, 4.69) is 0 Å². The number of rotatable bonds is 9. The number of aryl methyl sites for hydroxylation is 1. The van der Waals surface area contributed by atoms with Crippen LogP contribution in [0.4, 0.5) is 13.2 Å². The molecule has 0 amide bonds. The third kappa shape index (κ3) is 6.91. The second-order valence-electron chi connectivity index (χ2n) is 6.51. The molecule has 136 valence electrons. The van der Waals surface area contributed by atoms with Gasteiger partial charge in [-0.05, 0) is 42.7 Å². The van der Waals surface area contributed by atoms with Crippen molar-refractivity contribution in [2.24, 2.45) is 17.6 Å². The number of carboxylic acid groups (broad SMARTS) is 1. The molecule has 0 radical (unpaired) electrons. The lowest BCUT2D eigenvalue weighted by molar-refractivity contribution is -0.138. The highest BCUT2D eigenvalue weighted by atomic mass is 19.4. The smallest absolute Gasteiger partial charge is 0.416 e. The molecule has 3 nitrogen and oxygen atoms in total. The number of aliphatic carboxylic acids is 1. The van der Waals surface area contributed by atoms with Crippen molar-refractivity contribution in [3.8, 4) is 0 Å². The van der Waals surface area contributed by atoms with Gasteiger partial charge >= 0.3 is 12.1 Å². The van der Waals surface area contributed by atoms with Crippen molar-refractivity contribution < 1.29 is 23.1 Å². The van der Waals surface area contributed by atoms with Gasteiger partial charge in [0.2, 0.25) is 0 Å². The minimum Gasteiger partial charge on any atom is -0.481 e. The number of hydrogen-bond donors (Lipinski definition) is 2. The fourth-order valence-electron chi connectivity index (χ4n) is 2.96. The van der Waals surface area contributed by atoms with Gasteiger partial charge in [0.25, 0.3) is 0 Å². The van der Waals surface area contributed by atoms with Crippen molar-refractivity contribution in [3.05, 3.63) is 35.4 Å². The standard InChI is InChI=1S/C18H26F3NO2/c1-3-14(16(22)11-17(23)24)9-12(2)7-8-13-5-4-6-15(10-13)18(19,20)21/h4-6,10,12,14,16H,3,7-9,11,22H2,1-2H3,(H,23,24). The zero-order chi connectivity index (χ0) is 18.3. The van der Waals surface area contributed by atoms with Crippen molar-refractivity contribution in [3.63, 3.8) is 0 Å². The third-order valence-corrected chi connectivity index (χ3v) is 4.43. The van der Waals surface area contributed by atoms with E-state index >= 15 is 0 Å². The minimum atomic E-state index is -4.32. The van der Waals surface area contributed by atoms with Gasteiger partial charge in [-0.1, -0.05) is 38.5 Å². The Balaban J connectivity index is 2.56. The van der Waals surface area contributed by atoms with E-state index in [0.717, 1.165) is 25.3 Å². The molecular weight excluding hydrogens is 319 g/mol. The van der Waals surface area contributed by atoms with Crippen molar-refractivity contribution in [2.75, 3.05) is 0 Å². The molecule has 1 aromatic rings. The second kappa shape index (κ2) is 9.06. The molecule has 1 rings (SSSR count). The lowest BCUT2D eigenvalue weighted by Gasteiger charge is -2.24. The number of alkyl halides is 3. The van der Waals surface area contributed by atoms with Crippen LogP contribution in [0, 0.1) is 11.8 Å². The molecule has 0 spiro atoms. The number of carbonyl (C=O) groups is 1. The van der Waals surface area contributed by atoms with Crippen LogP contribution in [0.3, 0.4) is 0 Å². The Labute approximate surface area is 141 Å². The first-order chi connectivity index (χ1) is 11.1. The molecule has 0 bridgehead atoms. The Morgan fingerprint density at radius 3 is 2.54 bits per heavy atom. The summed E-state index contributed by atoms with van der Waals surface area (Å²) in [4.78, 5) is 10.8. The molecule has 0 saturated carbocycles. The second-order valence-corrected chi connectivity index (χ2v) is 6.51. The van der Waals surface area contributed by atoms with Gasteiger partial charge in [-0.3, -0.25) is 4.79 Å². The van der Waals surface area contributed by atoms with E-state index in [1.165, 1.54) is 12.1 Å². The molecule has 0 aliphatic carbocycles. The fourth-order valence-corrected chi connectivity index (χ4v) is 2.96. The SMILES string of the molecule is CCC(CC(C)CCc1cccc(C(F)(F)F)c1)C(N)CC(=O)O. The topological polar surface area (TPSA) is 63.3 Å². The molecule has 3 atom stereocenters. The van der Waals surface area contributed by atoms with E-state index in [-0.39, 0.29) is 24.3 Å². The summed E-state index contributed by atoms with van der Waals surface area (Å²) in [6, 6.07) is 5.02. The Bertz CT molecular complexity index is 531. The van der Waals surface area contributed by atoms with Crippen molar-refractivity contribution >= 4 is 5.97 Å². The van der Waals surface area contributed by atoms with Gasteiger partial charge in [0.1, 0.15) is 0 Å². The Morgan fingerprint density at radius 2 is 2.00 bits per heavy atom. The van der Waals surface area contributed by atoms with Crippen LogP contribution in [0.2, 0.25) is 0 Å². The summed E-state index contributed by atoms with van der Waals surface area (Å²) in [5, 5.41) is 8.83. The maximum absolute atomic E-state index is 12.7. The Hall–Kier alpha value is -1.56. The lowest BCUT2D eigenvalue weighted by Crippen LogP contribution is -2.33. The van der Waals surface area contributed by atoms with E-state index < -0.39 is 17.7 Å². The summed E-state index contributed by atoms with van der Waals surface area (Å²) in [6.07, 6.45) is -1.49. The molecule has 0 heterocycles. The number of carboxylic acids is 1. The predicted molar refractivity (Wildman–Crippen MR) is 87.6 cm³/mol.